The molecule has 0 spiro atoms. The summed E-state index contributed by atoms with van der Waals surface area (Å²) < 4.78 is 21.5. The van der Waals surface area contributed by atoms with E-state index in [1.807, 2.05) is 39.1 Å². The normalized spacial score (nSPS) is 23.3. The number of hydrogen-bond donors (Lipinski definition) is 2. The lowest BCUT2D eigenvalue weighted by Crippen LogP contribution is -2.45. The number of benzene rings is 2. The van der Waals surface area contributed by atoms with Gasteiger partial charge in [-0.1, -0.05) is 45.9 Å². The Hall–Kier alpha value is -2.93. The summed E-state index contributed by atoms with van der Waals surface area (Å²) in [5.74, 6) is -0.621. The summed E-state index contributed by atoms with van der Waals surface area (Å²) >= 11 is 0. The van der Waals surface area contributed by atoms with Crippen LogP contribution in [0.2, 0.25) is 0 Å². The zero-order valence-corrected chi connectivity index (χ0v) is 24.3. The molecule has 2 aliphatic rings. The van der Waals surface area contributed by atoms with Crippen LogP contribution in [0.15, 0.2) is 36.4 Å². The molecule has 1 saturated carbocycles. The molecule has 0 unspecified atom stereocenters. The van der Waals surface area contributed by atoms with E-state index >= 15 is 0 Å². The Morgan fingerprint density at radius 3 is 2.49 bits per heavy atom. The van der Waals surface area contributed by atoms with Crippen molar-refractivity contribution in [3.05, 3.63) is 53.3 Å². The molecule has 39 heavy (non-hydrogen) atoms. The van der Waals surface area contributed by atoms with Crippen LogP contribution in [-0.4, -0.2) is 53.7 Å². The van der Waals surface area contributed by atoms with E-state index in [0.29, 0.717) is 34.4 Å². The van der Waals surface area contributed by atoms with Crippen LogP contribution in [0.4, 0.5) is 4.39 Å². The number of rotatable bonds is 8. The highest BCUT2D eigenvalue weighted by atomic mass is 19.1. The van der Waals surface area contributed by atoms with Crippen LogP contribution in [0.5, 0.6) is 5.75 Å². The van der Waals surface area contributed by atoms with Gasteiger partial charge in [-0.05, 0) is 86.4 Å². The van der Waals surface area contributed by atoms with E-state index < -0.39 is 11.4 Å². The Morgan fingerprint density at radius 1 is 1.15 bits per heavy atom. The molecule has 4 rings (SSSR count). The van der Waals surface area contributed by atoms with Gasteiger partial charge in [-0.2, -0.15) is 0 Å². The first-order valence-corrected chi connectivity index (χ1v) is 14.0. The molecular weight excluding hydrogens is 495 g/mol. The third-order valence-corrected chi connectivity index (χ3v) is 8.44. The van der Waals surface area contributed by atoms with Crippen molar-refractivity contribution in [2.45, 2.75) is 96.7 Å². The lowest BCUT2D eigenvalue weighted by molar-refractivity contribution is -0.142. The zero-order valence-electron chi connectivity index (χ0n) is 24.3. The van der Waals surface area contributed by atoms with Crippen molar-refractivity contribution in [3.8, 4) is 16.9 Å². The number of amides is 1. The Labute approximate surface area is 231 Å². The Bertz CT molecular complexity index is 1240. The van der Waals surface area contributed by atoms with E-state index in [1.165, 1.54) is 6.07 Å². The topological polar surface area (TPSA) is 78.9 Å². The second kappa shape index (κ2) is 10.9. The summed E-state index contributed by atoms with van der Waals surface area (Å²) in [6.07, 6.45) is 3.04. The minimum atomic E-state index is -1.12. The number of ether oxygens (including phenoxy) is 1. The summed E-state index contributed by atoms with van der Waals surface area (Å²) in [7, 11) is 2.01. The lowest BCUT2D eigenvalue weighted by atomic mass is 9.82. The van der Waals surface area contributed by atoms with Crippen molar-refractivity contribution in [2.75, 3.05) is 13.6 Å². The average molecular weight is 539 g/mol. The number of likely N-dealkylation sites (tertiary alicyclic amines) is 1. The number of carboxylic acid groups (broad SMARTS) is 1. The summed E-state index contributed by atoms with van der Waals surface area (Å²) in [6, 6.07) is 10.4. The first-order chi connectivity index (χ1) is 18.2. The number of carbonyl (C=O) groups is 2. The van der Waals surface area contributed by atoms with Gasteiger partial charge in [0.2, 0.25) is 5.91 Å². The van der Waals surface area contributed by atoms with Gasteiger partial charge in [0.15, 0.2) is 0 Å². The summed E-state index contributed by atoms with van der Waals surface area (Å²) in [5, 5.41) is 13.1. The quantitative estimate of drug-likeness (QED) is 0.423. The van der Waals surface area contributed by atoms with Gasteiger partial charge in [-0.3, -0.25) is 14.5 Å². The first kappa shape index (κ1) is 29.1. The Balaban J connectivity index is 1.58. The van der Waals surface area contributed by atoms with Gasteiger partial charge >= 0.3 is 5.97 Å². The SMILES string of the molecule is CC(C)c1c(F)cccc1-c1cc(C(C)(C)C(=O)O)ccc1O[C@@H]1CC[C@@H](NC(=O)[C@@H]2CC(C)(C)CN2C)C1. The van der Waals surface area contributed by atoms with Gasteiger partial charge in [-0.25, -0.2) is 4.39 Å². The van der Waals surface area contributed by atoms with Gasteiger partial charge in [0.1, 0.15) is 17.7 Å². The van der Waals surface area contributed by atoms with E-state index in [1.54, 1.807) is 26.0 Å². The standard InChI is InChI=1S/C32H43FN2O4/c1-19(2)28-23(9-8-10-25(28)33)24-15-20(32(5,6)30(37)38)11-14-27(24)39-22-13-12-21(16-22)34-29(36)26-17-31(3,4)18-35(26)7/h8-11,14-15,19,21-22,26H,12-13,16-18H2,1-7H3,(H,34,36)(H,37,38)/t21-,22-,26+/m1/s1. The second-order valence-electron chi connectivity index (χ2n) is 13.1. The van der Waals surface area contributed by atoms with Crippen molar-refractivity contribution in [3.63, 3.8) is 0 Å². The summed E-state index contributed by atoms with van der Waals surface area (Å²) in [6.45, 7) is 12.5. The van der Waals surface area contributed by atoms with Crippen LogP contribution in [0.1, 0.15) is 84.3 Å². The number of carboxylic acids is 1. The van der Waals surface area contributed by atoms with E-state index in [2.05, 4.69) is 24.1 Å². The van der Waals surface area contributed by atoms with Crippen LogP contribution in [0.25, 0.3) is 11.1 Å². The minimum Gasteiger partial charge on any atom is -0.490 e. The number of aliphatic carboxylic acids is 1. The third-order valence-electron chi connectivity index (χ3n) is 8.44. The fourth-order valence-corrected chi connectivity index (χ4v) is 6.19. The molecule has 2 N–H and O–H groups in total. The van der Waals surface area contributed by atoms with Crippen molar-refractivity contribution in [1.82, 2.24) is 10.2 Å². The number of halogens is 1. The minimum absolute atomic E-state index is 0.0358. The predicted octanol–water partition coefficient (Wildman–Crippen LogP) is 6.12. The molecule has 1 amide bonds. The molecule has 1 heterocycles. The van der Waals surface area contributed by atoms with Crippen molar-refractivity contribution >= 4 is 11.9 Å². The smallest absolute Gasteiger partial charge is 0.313 e. The molecule has 212 valence electrons. The molecule has 1 aliphatic carbocycles. The van der Waals surface area contributed by atoms with Gasteiger partial charge < -0.3 is 15.2 Å². The highest BCUT2D eigenvalue weighted by molar-refractivity contribution is 5.83. The second-order valence-corrected chi connectivity index (χ2v) is 13.1. The average Bonchev–Trinajstić information content (AvgIpc) is 3.40. The fraction of sp³-hybridized carbons (Fsp3) is 0.562. The van der Waals surface area contributed by atoms with Crippen molar-refractivity contribution < 1.29 is 23.8 Å². The molecule has 1 saturated heterocycles. The number of nitrogens with zero attached hydrogens (tertiary/aromatic N) is 1. The van der Waals surface area contributed by atoms with Gasteiger partial charge in [0.05, 0.1) is 11.5 Å². The molecule has 3 atom stereocenters. The van der Waals surface area contributed by atoms with E-state index in [0.717, 1.165) is 25.8 Å². The molecule has 0 radical (unpaired) electrons. The molecule has 0 bridgehead atoms. The molecule has 1 aliphatic heterocycles. The van der Waals surface area contributed by atoms with E-state index in [4.69, 9.17) is 4.74 Å². The third kappa shape index (κ3) is 6.13. The monoisotopic (exact) mass is 538 g/mol. The molecule has 7 heteroatoms. The molecule has 2 aromatic carbocycles. The maximum absolute atomic E-state index is 15.0. The van der Waals surface area contributed by atoms with Gasteiger partial charge in [0.25, 0.3) is 0 Å². The number of carbonyl (C=O) groups excluding carboxylic acids is 1. The van der Waals surface area contributed by atoms with Gasteiger partial charge in [0, 0.05) is 24.6 Å². The molecule has 2 aromatic rings. The van der Waals surface area contributed by atoms with Crippen LogP contribution in [0, 0.1) is 11.2 Å². The Kier molecular flexibility index (Phi) is 8.13. The van der Waals surface area contributed by atoms with Crippen molar-refractivity contribution in [1.29, 1.82) is 0 Å². The van der Waals surface area contributed by atoms with Gasteiger partial charge in [-0.15, -0.1) is 0 Å². The van der Waals surface area contributed by atoms with Crippen LogP contribution >= 0.6 is 0 Å². The van der Waals surface area contributed by atoms with Crippen LogP contribution < -0.4 is 10.1 Å². The largest absolute Gasteiger partial charge is 0.490 e. The van der Waals surface area contributed by atoms with E-state index in [-0.39, 0.29) is 41.2 Å². The highest BCUT2D eigenvalue weighted by Gasteiger charge is 2.40. The Morgan fingerprint density at radius 2 is 1.87 bits per heavy atom. The maximum Gasteiger partial charge on any atom is 0.313 e. The fourth-order valence-electron chi connectivity index (χ4n) is 6.19. The van der Waals surface area contributed by atoms with Crippen LogP contribution in [0.3, 0.4) is 0 Å². The zero-order chi connectivity index (χ0) is 28.7. The maximum atomic E-state index is 15.0. The van der Waals surface area contributed by atoms with Crippen LogP contribution in [-0.2, 0) is 15.0 Å². The predicted molar refractivity (Wildman–Crippen MR) is 152 cm³/mol. The number of likely N-dealkylation sites (N-methyl/N-ethyl adjacent to an activating group) is 1. The lowest BCUT2D eigenvalue weighted by Gasteiger charge is -2.25. The molecule has 6 nitrogen and oxygen atoms in total. The number of nitrogens with one attached hydrogen (secondary N) is 1. The molecule has 0 aromatic heterocycles. The van der Waals surface area contributed by atoms with Crippen molar-refractivity contribution in [2.24, 2.45) is 5.41 Å². The number of hydrogen-bond acceptors (Lipinski definition) is 4. The summed E-state index contributed by atoms with van der Waals surface area (Å²) in [5.41, 5.74) is 1.60. The summed E-state index contributed by atoms with van der Waals surface area (Å²) in [4.78, 5) is 27.2. The molecular formula is C32H43FN2O4. The molecule has 2 fully saturated rings. The van der Waals surface area contributed by atoms with E-state index in [9.17, 15) is 19.1 Å². The highest BCUT2D eigenvalue weighted by Crippen LogP contribution is 2.41. The first-order valence-electron chi connectivity index (χ1n) is 14.0.